The van der Waals surface area contributed by atoms with E-state index in [1.165, 1.54) is 0 Å². The van der Waals surface area contributed by atoms with E-state index in [0.717, 1.165) is 10.5 Å². The van der Waals surface area contributed by atoms with Crippen LogP contribution in [0.15, 0.2) is 30.4 Å². The number of amides is 3. The minimum Gasteiger partial charge on any atom is -0.324 e. The van der Waals surface area contributed by atoms with Gasteiger partial charge in [0.2, 0.25) is 17.7 Å². The van der Waals surface area contributed by atoms with Gasteiger partial charge < -0.3 is 5.32 Å². The van der Waals surface area contributed by atoms with Crippen molar-refractivity contribution in [2.75, 3.05) is 11.9 Å². The van der Waals surface area contributed by atoms with Crippen LogP contribution in [0.25, 0.3) is 0 Å². The Morgan fingerprint density at radius 3 is 2.43 bits per heavy atom. The Morgan fingerprint density at radius 1 is 1.22 bits per heavy atom. The van der Waals surface area contributed by atoms with Gasteiger partial charge in [-0.25, -0.2) is 0 Å². The number of aryl methyl sites for hydroxylation is 1. The average molecular weight is 333 g/mol. The van der Waals surface area contributed by atoms with Gasteiger partial charge in [0.15, 0.2) is 0 Å². The molecule has 0 spiro atoms. The monoisotopic (exact) mass is 332 g/mol. The normalized spacial score (nSPS) is 23.1. The molecule has 2 aliphatic rings. The molecule has 0 aromatic heterocycles. The summed E-state index contributed by atoms with van der Waals surface area (Å²) >= 11 is 5.92. The number of anilines is 1. The maximum Gasteiger partial charge on any atom is 0.244 e. The first-order chi connectivity index (χ1) is 11.0. The SMILES string of the molecule is Cc1ccc(Cl)cc1NC(=O)CN1C(=O)C2CC=CCC2C1=O. The van der Waals surface area contributed by atoms with Gasteiger partial charge in [0, 0.05) is 10.7 Å². The second-order valence-corrected chi connectivity index (χ2v) is 6.36. The fourth-order valence-electron chi connectivity index (χ4n) is 3.09. The molecule has 2 unspecified atom stereocenters. The van der Waals surface area contributed by atoms with Crippen molar-refractivity contribution in [3.63, 3.8) is 0 Å². The summed E-state index contributed by atoms with van der Waals surface area (Å²) in [5.41, 5.74) is 1.44. The number of carbonyl (C=O) groups excluding carboxylic acids is 3. The number of nitrogens with zero attached hydrogens (tertiary/aromatic N) is 1. The third-order valence-electron chi connectivity index (χ3n) is 4.37. The number of allylic oxidation sites excluding steroid dienone is 2. The van der Waals surface area contributed by atoms with E-state index in [9.17, 15) is 14.4 Å². The lowest BCUT2D eigenvalue weighted by atomic mass is 9.85. The summed E-state index contributed by atoms with van der Waals surface area (Å²) in [6.45, 7) is 1.59. The molecular weight excluding hydrogens is 316 g/mol. The molecule has 0 radical (unpaired) electrons. The van der Waals surface area contributed by atoms with Crippen molar-refractivity contribution in [2.24, 2.45) is 11.8 Å². The van der Waals surface area contributed by atoms with E-state index in [0.29, 0.717) is 23.6 Å². The molecule has 1 aliphatic carbocycles. The molecule has 120 valence electrons. The summed E-state index contributed by atoms with van der Waals surface area (Å²) in [6, 6.07) is 5.17. The fourth-order valence-corrected chi connectivity index (χ4v) is 3.26. The summed E-state index contributed by atoms with van der Waals surface area (Å²) in [5, 5.41) is 3.23. The van der Waals surface area contributed by atoms with Crippen molar-refractivity contribution >= 4 is 35.0 Å². The smallest absolute Gasteiger partial charge is 0.244 e. The van der Waals surface area contributed by atoms with Crippen LogP contribution in [-0.2, 0) is 14.4 Å². The van der Waals surface area contributed by atoms with E-state index < -0.39 is 5.91 Å². The number of nitrogens with one attached hydrogen (secondary N) is 1. The Morgan fingerprint density at radius 2 is 1.83 bits per heavy atom. The Balaban J connectivity index is 1.70. The van der Waals surface area contributed by atoms with Crippen LogP contribution in [0.3, 0.4) is 0 Å². The van der Waals surface area contributed by atoms with E-state index in [-0.39, 0.29) is 30.2 Å². The lowest BCUT2D eigenvalue weighted by Crippen LogP contribution is -2.38. The first-order valence-corrected chi connectivity index (χ1v) is 7.91. The molecule has 1 fully saturated rings. The summed E-state index contributed by atoms with van der Waals surface area (Å²) in [6.07, 6.45) is 4.98. The number of hydrogen-bond donors (Lipinski definition) is 1. The van der Waals surface area contributed by atoms with Crippen LogP contribution in [0, 0.1) is 18.8 Å². The van der Waals surface area contributed by atoms with E-state index in [1.54, 1.807) is 18.2 Å². The van der Waals surface area contributed by atoms with Crippen LogP contribution < -0.4 is 5.32 Å². The van der Waals surface area contributed by atoms with Crippen molar-refractivity contribution in [1.82, 2.24) is 4.90 Å². The molecule has 3 amide bonds. The zero-order valence-electron chi connectivity index (χ0n) is 12.7. The maximum atomic E-state index is 12.3. The molecule has 23 heavy (non-hydrogen) atoms. The van der Waals surface area contributed by atoms with Crippen molar-refractivity contribution in [1.29, 1.82) is 0 Å². The van der Waals surface area contributed by atoms with Crippen molar-refractivity contribution in [2.45, 2.75) is 19.8 Å². The summed E-state index contributed by atoms with van der Waals surface area (Å²) in [5.74, 6) is -1.52. The van der Waals surface area contributed by atoms with Crippen LogP contribution in [0.2, 0.25) is 5.02 Å². The summed E-state index contributed by atoms with van der Waals surface area (Å²) in [7, 11) is 0. The number of carbonyl (C=O) groups is 3. The molecule has 1 aliphatic heterocycles. The molecule has 6 heteroatoms. The number of rotatable bonds is 3. The molecule has 1 heterocycles. The van der Waals surface area contributed by atoms with Gasteiger partial charge >= 0.3 is 0 Å². The van der Waals surface area contributed by atoms with Gasteiger partial charge in [0.25, 0.3) is 0 Å². The second-order valence-electron chi connectivity index (χ2n) is 5.93. The van der Waals surface area contributed by atoms with Gasteiger partial charge in [0.05, 0.1) is 11.8 Å². The van der Waals surface area contributed by atoms with E-state index in [1.807, 2.05) is 19.1 Å². The lowest BCUT2D eigenvalue weighted by Gasteiger charge is -2.15. The quantitative estimate of drug-likeness (QED) is 0.683. The molecule has 0 saturated carbocycles. The molecule has 1 aromatic carbocycles. The first kappa shape index (κ1) is 15.7. The largest absolute Gasteiger partial charge is 0.324 e. The highest BCUT2D eigenvalue weighted by Gasteiger charge is 2.47. The number of fused-ring (bicyclic) bond motifs is 1. The van der Waals surface area contributed by atoms with Crippen LogP contribution in [0.1, 0.15) is 18.4 Å². The molecular formula is C17H17ClN2O3. The number of likely N-dealkylation sites (tertiary alicyclic amines) is 1. The zero-order chi connectivity index (χ0) is 16.6. The van der Waals surface area contributed by atoms with Gasteiger partial charge in [0.1, 0.15) is 6.54 Å². The first-order valence-electron chi connectivity index (χ1n) is 7.53. The minimum atomic E-state index is -0.399. The fraction of sp³-hybridized carbons (Fsp3) is 0.353. The summed E-state index contributed by atoms with van der Waals surface area (Å²) < 4.78 is 0. The number of halogens is 1. The number of hydrogen-bond acceptors (Lipinski definition) is 3. The molecule has 0 bridgehead atoms. The molecule has 3 rings (SSSR count). The Labute approximate surface area is 139 Å². The van der Waals surface area contributed by atoms with E-state index >= 15 is 0 Å². The van der Waals surface area contributed by atoms with Crippen molar-refractivity contribution in [3.05, 3.63) is 40.9 Å². The Bertz CT molecular complexity index is 688. The third kappa shape index (κ3) is 3.01. The van der Waals surface area contributed by atoms with Crippen LogP contribution >= 0.6 is 11.6 Å². The molecule has 5 nitrogen and oxygen atoms in total. The van der Waals surface area contributed by atoms with Crippen LogP contribution in [0.4, 0.5) is 5.69 Å². The highest BCUT2D eigenvalue weighted by atomic mass is 35.5. The maximum absolute atomic E-state index is 12.3. The van der Waals surface area contributed by atoms with Gasteiger partial charge in [-0.2, -0.15) is 0 Å². The number of imide groups is 1. The molecule has 2 atom stereocenters. The Hall–Kier alpha value is -2.14. The van der Waals surface area contributed by atoms with Crippen LogP contribution in [0.5, 0.6) is 0 Å². The van der Waals surface area contributed by atoms with Crippen molar-refractivity contribution < 1.29 is 14.4 Å². The van der Waals surface area contributed by atoms with Gasteiger partial charge in [-0.05, 0) is 37.5 Å². The molecule has 1 saturated heterocycles. The minimum absolute atomic E-state index is 0.248. The second kappa shape index (κ2) is 6.16. The molecule has 1 aromatic rings. The Kier molecular flexibility index (Phi) is 4.22. The highest BCUT2D eigenvalue weighted by Crippen LogP contribution is 2.34. The predicted octanol–water partition coefficient (Wildman–Crippen LogP) is 2.54. The topological polar surface area (TPSA) is 66.5 Å². The van der Waals surface area contributed by atoms with Gasteiger partial charge in [-0.15, -0.1) is 0 Å². The van der Waals surface area contributed by atoms with E-state index in [4.69, 9.17) is 11.6 Å². The van der Waals surface area contributed by atoms with Gasteiger partial charge in [-0.3, -0.25) is 19.3 Å². The average Bonchev–Trinajstić information content (AvgIpc) is 2.76. The number of benzene rings is 1. The zero-order valence-corrected chi connectivity index (χ0v) is 13.5. The highest BCUT2D eigenvalue weighted by molar-refractivity contribution is 6.31. The molecule has 1 N–H and O–H groups in total. The van der Waals surface area contributed by atoms with E-state index in [2.05, 4.69) is 5.32 Å². The third-order valence-corrected chi connectivity index (χ3v) is 4.61. The van der Waals surface area contributed by atoms with Crippen LogP contribution in [-0.4, -0.2) is 29.2 Å². The predicted molar refractivity (Wildman–Crippen MR) is 86.9 cm³/mol. The van der Waals surface area contributed by atoms with Gasteiger partial charge in [-0.1, -0.05) is 29.8 Å². The summed E-state index contributed by atoms with van der Waals surface area (Å²) in [4.78, 5) is 38.0. The van der Waals surface area contributed by atoms with Crippen molar-refractivity contribution in [3.8, 4) is 0 Å². The standard InChI is InChI=1S/C17H17ClN2O3/c1-10-6-7-11(18)8-14(10)19-15(21)9-20-16(22)12-4-2-3-5-13(12)17(20)23/h2-3,6-8,12-13H,4-5,9H2,1H3,(H,19,21). The lowest BCUT2D eigenvalue weighted by molar-refractivity contribution is -0.142.